The molecule has 2 aromatic heterocycles. The molecule has 1 aliphatic heterocycles. The molecule has 0 aliphatic carbocycles. The van der Waals surface area contributed by atoms with E-state index in [4.69, 9.17) is 27.4 Å². The zero-order chi connectivity index (χ0) is 22.1. The van der Waals surface area contributed by atoms with Crippen molar-refractivity contribution in [3.63, 3.8) is 0 Å². The topological polar surface area (TPSA) is 108 Å². The third-order valence-corrected chi connectivity index (χ3v) is 6.36. The molecule has 0 radical (unpaired) electrons. The summed E-state index contributed by atoms with van der Waals surface area (Å²) in [5.74, 6) is -0.932. The van der Waals surface area contributed by atoms with Crippen LogP contribution in [0.4, 0.5) is 10.2 Å². The highest BCUT2D eigenvalue weighted by Crippen LogP contribution is 2.37. The van der Waals surface area contributed by atoms with Crippen LogP contribution in [0.3, 0.4) is 0 Å². The van der Waals surface area contributed by atoms with Crippen molar-refractivity contribution in [3.8, 4) is 0 Å². The second-order valence-electron chi connectivity index (χ2n) is 7.28. The van der Waals surface area contributed by atoms with Gasteiger partial charge in [-0.15, -0.1) is 0 Å². The molecule has 0 bridgehead atoms. The lowest BCUT2D eigenvalue weighted by Crippen LogP contribution is -2.27. The van der Waals surface area contributed by atoms with E-state index in [2.05, 4.69) is 14.9 Å². The molecule has 31 heavy (non-hydrogen) atoms. The third kappa shape index (κ3) is 4.53. The molecule has 1 aromatic carbocycles. The Morgan fingerprint density at radius 3 is 2.94 bits per heavy atom. The number of H-pyrrole nitrogens is 1. The van der Waals surface area contributed by atoms with Crippen LogP contribution in [0.25, 0.3) is 17.1 Å². The maximum absolute atomic E-state index is 14.4. The molecule has 162 valence electrons. The second kappa shape index (κ2) is 8.86. The molecule has 0 amide bonds. The van der Waals surface area contributed by atoms with E-state index in [0.717, 1.165) is 42.4 Å². The van der Waals surface area contributed by atoms with Crippen molar-refractivity contribution < 1.29 is 14.3 Å². The quantitative estimate of drug-likeness (QED) is 0.374. The normalized spacial score (nSPS) is 16.6. The van der Waals surface area contributed by atoms with Crippen molar-refractivity contribution >= 4 is 52.3 Å². The summed E-state index contributed by atoms with van der Waals surface area (Å²) in [5, 5.41) is 10.6. The van der Waals surface area contributed by atoms with E-state index in [1.165, 1.54) is 30.0 Å². The van der Waals surface area contributed by atoms with Gasteiger partial charge in [-0.05, 0) is 42.8 Å². The van der Waals surface area contributed by atoms with Crippen LogP contribution in [0.15, 0.2) is 34.3 Å². The van der Waals surface area contributed by atoms with Gasteiger partial charge in [-0.1, -0.05) is 24.6 Å². The number of carboxylic acid groups (broad SMARTS) is 1. The van der Waals surface area contributed by atoms with Gasteiger partial charge >= 0.3 is 5.97 Å². The number of aromatic amines is 1. The molecule has 1 aliphatic rings. The van der Waals surface area contributed by atoms with Crippen LogP contribution in [0, 0.1) is 5.82 Å². The summed E-state index contributed by atoms with van der Waals surface area (Å²) in [7, 11) is 0. The number of benzene rings is 1. The number of nitrogens with zero attached hydrogens (tertiary/aromatic N) is 3. The van der Waals surface area contributed by atoms with E-state index < -0.39 is 11.8 Å². The second-order valence-corrected chi connectivity index (χ2v) is 8.69. The van der Waals surface area contributed by atoms with E-state index in [1.54, 1.807) is 6.07 Å². The number of fused-ring (bicyclic) bond motifs is 1. The standard InChI is InChI=1S/C21H21ClFN5O2S/c1-2-15-18(22)17-19(25-15)26-21(27-20(17)28-8-7-12(24)10-28)31-13-5-3-11(14(23)9-13)4-6-16(29)30/h3-6,9,12H,2,7-8,10,24H2,1H3,(H,29,30)(H,25,26,27)/b6-4+. The van der Waals surface area contributed by atoms with Crippen molar-refractivity contribution in [1.29, 1.82) is 0 Å². The molecule has 4 rings (SSSR count). The minimum atomic E-state index is -1.13. The number of nitrogens with two attached hydrogens (primary N) is 1. The van der Waals surface area contributed by atoms with Gasteiger partial charge in [0.25, 0.3) is 0 Å². The van der Waals surface area contributed by atoms with Crippen LogP contribution in [-0.4, -0.2) is 45.2 Å². The van der Waals surface area contributed by atoms with Gasteiger partial charge in [0.05, 0.1) is 10.4 Å². The molecule has 0 spiro atoms. The van der Waals surface area contributed by atoms with Crippen LogP contribution in [-0.2, 0) is 11.2 Å². The van der Waals surface area contributed by atoms with Crippen LogP contribution in [0.1, 0.15) is 24.6 Å². The molecule has 1 saturated heterocycles. The fourth-order valence-corrected chi connectivity index (χ4v) is 4.67. The summed E-state index contributed by atoms with van der Waals surface area (Å²) in [6, 6.07) is 4.64. The lowest BCUT2D eigenvalue weighted by Gasteiger charge is -2.18. The fraction of sp³-hybridized carbons (Fsp3) is 0.286. The van der Waals surface area contributed by atoms with E-state index in [0.29, 0.717) is 27.3 Å². The van der Waals surface area contributed by atoms with Crippen molar-refractivity contribution in [2.45, 2.75) is 35.9 Å². The summed E-state index contributed by atoms with van der Waals surface area (Å²) in [5.41, 5.74) is 7.81. The molecule has 7 nitrogen and oxygen atoms in total. The van der Waals surface area contributed by atoms with E-state index in [1.807, 2.05) is 6.92 Å². The maximum atomic E-state index is 14.4. The largest absolute Gasteiger partial charge is 0.478 e. The Balaban J connectivity index is 1.71. The Morgan fingerprint density at radius 1 is 1.48 bits per heavy atom. The van der Waals surface area contributed by atoms with E-state index >= 15 is 0 Å². The van der Waals surface area contributed by atoms with Crippen molar-refractivity contribution in [2.24, 2.45) is 5.73 Å². The number of hydrogen-bond donors (Lipinski definition) is 3. The summed E-state index contributed by atoms with van der Waals surface area (Å²) in [4.78, 5) is 26.0. The fourth-order valence-electron chi connectivity index (χ4n) is 3.54. The minimum absolute atomic E-state index is 0.0741. The monoisotopic (exact) mass is 461 g/mol. The summed E-state index contributed by atoms with van der Waals surface area (Å²) < 4.78 is 14.4. The molecule has 10 heteroatoms. The number of rotatable bonds is 6. The smallest absolute Gasteiger partial charge is 0.328 e. The molecule has 1 fully saturated rings. The van der Waals surface area contributed by atoms with Crippen LogP contribution in [0.5, 0.6) is 0 Å². The molecule has 1 unspecified atom stereocenters. The van der Waals surface area contributed by atoms with E-state index in [-0.39, 0.29) is 11.6 Å². The molecule has 1 atom stereocenters. The number of aliphatic carboxylic acids is 1. The third-order valence-electron chi connectivity index (χ3n) is 5.09. The van der Waals surface area contributed by atoms with Gasteiger partial charge in [0.2, 0.25) is 0 Å². The van der Waals surface area contributed by atoms with Crippen molar-refractivity contribution in [1.82, 2.24) is 15.0 Å². The van der Waals surface area contributed by atoms with Gasteiger partial charge in [-0.2, -0.15) is 0 Å². The van der Waals surface area contributed by atoms with Gasteiger partial charge in [-0.3, -0.25) is 0 Å². The number of aromatic nitrogens is 3. The first kappa shape index (κ1) is 21.6. The molecule has 3 aromatic rings. The SMILES string of the molecule is CCc1[nH]c2nc(Sc3ccc(/C=C/C(=O)O)c(F)c3)nc(N3CCC(N)C3)c2c1Cl. The zero-order valence-electron chi connectivity index (χ0n) is 16.7. The highest BCUT2D eigenvalue weighted by atomic mass is 35.5. The lowest BCUT2D eigenvalue weighted by molar-refractivity contribution is -0.131. The van der Waals surface area contributed by atoms with Gasteiger partial charge in [0, 0.05) is 41.4 Å². The highest BCUT2D eigenvalue weighted by molar-refractivity contribution is 7.99. The maximum Gasteiger partial charge on any atom is 0.328 e. The van der Waals surface area contributed by atoms with Gasteiger partial charge in [0.1, 0.15) is 17.3 Å². The number of halogens is 2. The molecular formula is C21H21ClFN5O2S. The number of hydrogen-bond acceptors (Lipinski definition) is 6. The first-order valence-corrected chi connectivity index (χ1v) is 11.0. The van der Waals surface area contributed by atoms with Crippen LogP contribution in [0.2, 0.25) is 5.02 Å². The Hall–Kier alpha value is -2.62. The van der Waals surface area contributed by atoms with Gasteiger partial charge in [-0.25, -0.2) is 19.2 Å². The number of carboxylic acids is 1. The number of nitrogens with one attached hydrogen (secondary N) is 1. The highest BCUT2D eigenvalue weighted by Gasteiger charge is 2.26. The number of aryl methyl sites for hydroxylation is 1. The first-order chi connectivity index (χ1) is 14.9. The first-order valence-electron chi connectivity index (χ1n) is 9.82. The predicted octanol–water partition coefficient (Wildman–Crippen LogP) is 4.10. The average molecular weight is 462 g/mol. The van der Waals surface area contributed by atoms with Gasteiger partial charge < -0.3 is 20.7 Å². The van der Waals surface area contributed by atoms with Crippen LogP contribution >= 0.6 is 23.4 Å². The van der Waals surface area contributed by atoms with Crippen LogP contribution < -0.4 is 10.6 Å². The Labute approximate surface area is 187 Å². The molecule has 3 heterocycles. The number of carbonyl (C=O) groups is 1. The summed E-state index contributed by atoms with van der Waals surface area (Å²) in [6.07, 6.45) is 3.71. The lowest BCUT2D eigenvalue weighted by atomic mass is 10.2. The minimum Gasteiger partial charge on any atom is -0.478 e. The zero-order valence-corrected chi connectivity index (χ0v) is 18.3. The number of anilines is 1. The Kier molecular flexibility index (Phi) is 6.17. The van der Waals surface area contributed by atoms with Crippen molar-refractivity contribution in [2.75, 3.05) is 18.0 Å². The van der Waals surface area contributed by atoms with Crippen molar-refractivity contribution in [3.05, 3.63) is 46.4 Å². The molecular weight excluding hydrogens is 441 g/mol. The molecule has 4 N–H and O–H groups in total. The Bertz CT molecular complexity index is 1180. The predicted molar refractivity (Wildman–Crippen MR) is 120 cm³/mol. The summed E-state index contributed by atoms with van der Waals surface area (Å²) in [6.45, 7) is 3.46. The molecule has 0 saturated carbocycles. The van der Waals surface area contributed by atoms with E-state index in [9.17, 15) is 9.18 Å². The average Bonchev–Trinajstić information content (AvgIpc) is 3.30. The van der Waals surface area contributed by atoms with Gasteiger partial charge in [0.15, 0.2) is 5.16 Å². The Morgan fingerprint density at radius 2 is 2.29 bits per heavy atom. The summed E-state index contributed by atoms with van der Waals surface area (Å²) >= 11 is 7.83.